The Labute approximate surface area is 92.1 Å². The maximum absolute atomic E-state index is 9.78. The maximum Gasteiger partial charge on any atom is 0.0693 e. The smallest absolute Gasteiger partial charge is 0.0693 e. The van der Waals surface area contributed by atoms with Crippen LogP contribution in [0.3, 0.4) is 0 Å². The molecule has 0 aromatic heterocycles. The lowest BCUT2D eigenvalue weighted by Crippen LogP contribution is -2.45. The molecule has 0 radical (unpaired) electrons. The second-order valence-electron chi connectivity index (χ2n) is 5.23. The molecule has 82 valence electrons. The monoisotopic (exact) mass is 215 g/mol. The summed E-state index contributed by atoms with van der Waals surface area (Å²) in [4.78, 5) is 2.42. The van der Waals surface area contributed by atoms with Gasteiger partial charge in [0.25, 0.3) is 0 Å². The second-order valence-corrected chi connectivity index (χ2v) is 5.54. The van der Waals surface area contributed by atoms with Crippen LogP contribution in [0.2, 0.25) is 0 Å². The van der Waals surface area contributed by atoms with E-state index in [1.807, 2.05) is 0 Å². The molecule has 0 spiro atoms. The van der Waals surface area contributed by atoms with Crippen molar-refractivity contribution in [2.75, 3.05) is 25.4 Å². The Morgan fingerprint density at radius 2 is 2.21 bits per heavy atom. The van der Waals surface area contributed by atoms with Crippen LogP contribution in [0, 0.1) is 11.3 Å². The van der Waals surface area contributed by atoms with Crippen molar-refractivity contribution in [1.29, 1.82) is 0 Å². The minimum absolute atomic E-state index is 0.112. The molecule has 0 bridgehead atoms. The molecule has 2 atom stereocenters. The molecular weight excluding hydrogens is 194 g/mol. The van der Waals surface area contributed by atoms with Gasteiger partial charge in [0.1, 0.15) is 0 Å². The largest absolute Gasteiger partial charge is 0.392 e. The molecule has 1 aliphatic heterocycles. The van der Waals surface area contributed by atoms with Crippen molar-refractivity contribution in [1.82, 2.24) is 4.90 Å². The minimum Gasteiger partial charge on any atom is -0.392 e. The summed E-state index contributed by atoms with van der Waals surface area (Å²) in [7, 11) is 0. The van der Waals surface area contributed by atoms with Gasteiger partial charge in [-0.05, 0) is 42.9 Å². The number of piperidine rings is 1. The normalized spacial score (nSPS) is 37.1. The van der Waals surface area contributed by atoms with Gasteiger partial charge in [-0.2, -0.15) is 12.6 Å². The zero-order valence-electron chi connectivity index (χ0n) is 8.95. The first-order valence-corrected chi connectivity index (χ1v) is 6.30. The minimum atomic E-state index is -0.112. The highest BCUT2D eigenvalue weighted by Crippen LogP contribution is 2.47. The number of likely N-dealkylation sites (tertiary alicyclic amines) is 1. The molecule has 2 unspecified atom stereocenters. The lowest BCUT2D eigenvalue weighted by molar-refractivity contribution is 0.0224. The van der Waals surface area contributed by atoms with Crippen LogP contribution in [0.5, 0.6) is 0 Å². The van der Waals surface area contributed by atoms with Crippen molar-refractivity contribution >= 4 is 12.6 Å². The lowest BCUT2D eigenvalue weighted by Gasteiger charge is -2.36. The first-order valence-electron chi connectivity index (χ1n) is 5.66. The third kappa shape index (κ3) is 2.26. The molecule has 0 amide bonds. The van der Waals surface area contributed by atoms with Crippen molar-refractivity contribution in [2.24, 2.45) is 11.3 Å². The van der Waals surface area contributed by atoms with Crippen LogP contribution in [0.15, 0.2) is 0 Å². The zero-order valence-corrected chi connectivity index (χ0v) is 9.84. The Bertz CT molecular complexity index is 205. The molecule has 2 fully saturated rings. The molecule has 2 aliphatic rings. The molecule has 14 heavy (non-hydrogen) atoms. The van der Waals surface area contributed by atoms with Crippen molar-refractivity contribution in [2.45, 2.75) is 32.3 Å². The Balaban J connectivity index is 1.82. The van der Waals surface area contributed by atoms with E-state index in [2.05, 4.69) is 24.5 Å². The number of aliphatic hydroxyl groups excluding tert-OH is 1. The third-order valence-electron chi connectivity index (χ3n) is 3.85. The summed E-state index contributed by atoms with van der Waals surface area (Å²) in [5, 5.41) is 9.78. The topological polar surface area (TPSA) is 23.5 Å². The van der Waals surface area contributed by atoms with Crippen molar-refractivity contribution in [3.05, 3.63) is 0 Å². The predicted molar refractivity (Wildman–Crippen MR) is 61.7 cm³/mol. The fourth-order valence-corrected chi connectivity index (χ4v) is 2.69. The molecule has 3 heteroatoms. The van der Waals surface area contributed by atoms with Gasteiger partial charge in [0, 0.05) is 13.1 Å². The molecular formula is C11H21NOS. The van der Waals surface area contributed by atoms with E-state index in [9.17, 15) is 5.11 Å². The predicted octanol–water partition coefficient (Wildman–Crippen LogP) is 1.40. The number of nitrogens with zero attached hydrogens (tertiary/aromatic N) is 1. The molecule has 1 N–H and O–H groups in total. The molecule has 1 saturated carbocycles. The van der Waals surface area contributed by atoms with Gasteiger partial charge < -0.3 is 10.0 Å². The van der Waals surface area contributed by atoms with Gasteiger partial charge in [0.05, 0.1) is 6.10 Å². The van der Waals surface area contributed by atoms with Crippen LogP contribution in [0.1, 0.15) is 26.2 Å². The SMILES string of the molecule is CC1CCN(CC2(CS)CC2)CC1O. The molecule has 1 aliphatic carbocycles. The van der Waals surface area contributed by atoms with Gasteiger partial charge in [0.2, 0.25) is 0 Å². The zero-order chi connectivity index (χ0) is 10.2. The van der Waals surface area contributed by atoms with Crippen molar-refractivity contribution in [3.8, 4) is 0 Å². The van der Waals surface area contributed by atoms with E-state index in [1.54, 1.807) is 0 Å². The Kier molecular flexibility index (Phi) is 3.10. The Morgan fingerprint density at radius 1 is 1.50 bits per heavy atom. The summed E-state index contributed by atoms with van der Waals surface area (Å²) in [6, 6.07) is 0. The first-order chi connectivity index (χ1) is 6.65. The van der Waals surface area contributed by atoms with Crippen LogP contribution in [0.25, 0.3) is 0 Å². The lowest BCUT2D eigenvalue weighted by atomic mass is 9.95. The average molecular weight is 215 g/mol. The molecule has 1 saturated heterocycles. The summed E-state index contributed by atoms with van der Waals surface area (Å²) < 4.78 is 0. The quantitative estimate of drug-likeness (QED) is 0.695. The van der Waals surface area contributed by atoms with Gasteiger partial charge in [-0.3, -0.25) is 0 Å². The van der Waals surface area contributed by atoms with Crippen LogP contribution < -0.4 is 0 Å². The van der Waals surface area contributed by atoms with Gasteiger partial charge in [-0.15, -0.1) is 0 Å². The van der Waals surface area contributed by atoms with E-state index in [0.29, 0.717) is 11.3 Å². The van der Waals surface area contributed by atoms with Crippen molar-refractivity contribution in [3.63, 3.8) is 0 Å². The highest BCUT2D eigenvalue weighted by Gasteiger charge is 2.43. The van der Waals surface area contributed by atoms with E-state index in [-0.39, 0.29) is 6.10 Å². The summed E-state index contributed by atoms with van der Waals surface area (Å²) in [6.07, 6.45) is 3.70. The van der Waals surface area contributed by atoms with Crippen LogP contribution in [-0.4, -0.2) is 41.5 Å². The number of aliphatic hydroxyl groups is 1. The third-order valence-corrected chi connectivity index (χ3v) is 4.53. The molecule has 2 rings (SSSR count). The van der Waals surface area contributed by atoms with Crippen molar-refractivity contribution < 1.29 is 5.11 Å². The van der Waals surface area contributed by atoms with Gasteiger partial charge >= 0.3 is 0 Å². The van der Waals surface area contributed by atoms with E-state index in [1.165, 1.54) is 12.8 Å². The number of β-amino-alcohol motifs (C(OH)–C–C–N with tert-alkyl or cyclic N) is 1. The highest BCUT2D eigenvalue weighted by atomic mass is 32.1. The van der Waals surface area contributed by atoms with E-state index in [4.69, 9.17) is 0 Å². The Morgan fingerprint density at radius 3 is 2.71 bits per heavy atom. The van der Waals surface area contributed by atoms with E-state index in [0.717, 1.165) is 31.8 Å². The number of thiol groups is 1. The summed E-state index contributed by atoms with van der Waals surface area (Å²) >= 11 is 4.41. The number of hydrogen-bond donors (Lipinski definition) is 2. The standard InChI is InChI=1S/C11H21NOS/c1-9-2-5-12(6-10(9)13)7-11(8-14)3-4-11/h9-10,13-14H,2-8H2,1H3. The summed E-state index contributed by atoms with van der Waals surface area (Å²) in [6.45, 7) is 5.33. The summed E-state index contributed by atoms with van der Waals surface area (Å²) in [5.41, 5.74) is 0.503. The fourth-order valence-electron chi connectivity index (χ4n) is 2.28. The molecule has 1 heterocycles. The first kappa shape index (κ1) is 10.8. The van der Waals surface area contributed by atoms with Crippen LogP contribution >= 0.6 is 12.6 Å². The maximum atomic E-state index is 9.78. The average Bonchev–Trinajstić information content (AvgIpc) is 2.93. The molecule has 0 aromatic carbocycles. The van der Waals surface area contributed by atoms with Crippen LogP contribution in [0.4, 0.5) is 0 Å². The second kappa shape index (κ2) is 4.03. The number of hydrogen-bond acceptors (Lipinski definition) is 3. The van der Waals surface area contributed by atoms with E-state index < -0.39 is 0 Å². The fraction of sp³-hybridized carbons (Fsp3) is 1.00. The van der Waals surface area contributed by atoms with Gasteiger partial charge in [-0.25, -0.2) is 0 Å². The van der Waals surface area contributed by atoms with Gasteiger partial charge in [-0.1, -0.05) is 6.92 Å². The molecule has 0 aromatic rings. The summed E-state index contributed by atoms with van der Waals surface area (Å²) in [5.74, 6) is 1.49. The Hall–Kier alpha value is 0.270. The highest BCUT2D eigenvalue weighted by molar-refractivity contribution is 7.80. The van der Waals surface area contributed by atoms with E-state index >= 15 is 0 Å². The van der Waals surface area contributed by atoms with Crippen LogP contribution in [-0.2, 0) is 0 Å². The number of rotatable bonds is 3. The van der Waals surface area contributed by atoms with Gasteiger partial charge in [0.15, 0.2) is 0 Å². The molecule has 2 nitrogen and oxygen atoms in total.